The minimum atomic E-state index is -0.366. The predicted molar refractivity (Wildman–Crippen MR) is 88.2 cm³/mol. The lowest BCUT2D eigenvalue weighted by Gasteiger charge is -2.09. The van der Waals surface area contributed by atoms with Crippen molar-refractivity contribution >= 4 is 11.6 Å². The number of hydrogen-bond donors (Lipinski definition) is 2. The second-order valence-corrected chi connectivity index (χ2v) is 5.40. The third-order valence-corrected chi connectivity index (χ3v) is 3.44. The van der Waals surface area contributed by atoms with E-state index in [1.807, 2.05) is 6.07 Å². The highest BCUT2D eigenvalue weighted by Gasteiger charge is 2.06. The quantitative estimate of drug-likeness (QED) is 0.728. The summed E-state index contributed by atoms with van der Waals surface area (Å²) < 4.78 is 19.6. The van der Waals surface area contributed by atoms with Crippen LogP contribution in [0.5, 0.6) is 11.5 Å². The molecule has 0 spiro atoms. The first kappa shape index (κ1) is 16.7. The molecule has 0 bridgehead atoms. The fraction of sp³-hybridized carbons (Fsp3) is 0.294. The first-order valence-corrected chi connectivity index (χ1v) is 7.69. The summed E-state index contributed by atoms with van der Waals surface area (Å²) in [6.45, 7) is 2.37. The van der Waals surface area contributed by atoms with Crippen molar-refractivity contribution in [2.75, 3.05) is 19.6 Å². The van der Waals surface area contributed by atoms with Gasteiger partial charge < -0.3 is 15.8 Å². The van der Waals surface area contributed by atoms with Crippen LogP contribution in [0.1, 0.15) is 12.0 Å². The molecule has 0 aliphatic heterocycles. The summed E-state index contributed by atoms with van der Waals surface area (Å²) in [6.07, 6.45) is 1.71. The van der Waals surface area contributed by atoms with Crippen LogP contribution in [-0.2, 0) is 6.42 Å². The summed E-state index contributed by atoms with van der Waals surface area (Å²) in [6, 6.07) is 11.9. The van der Waals surface area contributed by atoms with E-state index in [1.54, 1.807) is 30.3 Å². The molecule has 0 atom stereocenters. The summed E-state index contributed by atoms with van der Waals surface area (Å²) in [7, 11) is 0. The molecular formula is C17H20ClFN2O. The van der Waals surface area contributed by atoms with E-state index in [2.05, 4.69) is 5.32 Å². The van der Waals surface area contributed by atoms with Crippen molar-refractivity contribution in [3.8, 4) is 11.5 Å². The average molecular weight is 323 g/mol. The fourth-order valence-electron chi connectivity index (χ4n) is 2.00. The Labute approximate surface area is 135 Å². The smallest absolute Gasteiger partial charge is 0.165 e. The topological polar surface area (TPSA) is 47.3 Å². The van der Waals surface area contributed by atoms with E-state index in [0.29, 0.717) is 17.3 Å². The van der Waals surface area contributed by atoms with Crippen LogP contribution < -0.4 is 15.8 Å². The molecule has 0 amide bonds. The minimum Gasteiger partial charge on any atom is -0.454 e. The molecule has 0 aliphatic carbocycles. The molecule has 0 heterocycles. The number of ether oxygens (including phenoxy) is 1. The largest absolute Gasteiger partial charge is 0.454 e. The molecule has 0 radical (unpaired) electrons. The van der Waals surface area contributed by atoms with E-state index in [0.717, 1.165) is 31.5 Å². The molecule has 0 unspecified atom stereocenters. The van der Waals surface area contributed by atoms with Crippen molar-refractivity contribution in [3.05, 3.63) is 58.9 Å². The Morgan fingerprint density at radius 2 is 1.86 bits per heavy atom. The molecule has 5 heteroatoms. The Morgan fingerprint density at radius 3 is 2.55 bits per heavy atom. The molecule has 3 nitrogen and oxygen atoms in total. The number of hydrogen-bond acceptors (Lipinski definition) is 3. The first-order chi connectivity index (χ1) is 10.7. The zero-order chi connectivity index (χ0) is 15.8. The van der Waals surface area contributed by atoms with E-state index in [-0.39, 0.29) is 11.6 Å². The summed E-state index contributed by atoms with van der Waals surface area (Å²) in [5.41, 5.74) is 6.35. The molecule has 2 aromatic rings. The molecular weight excluding hydrogens is 303 g/mol. The Hall–Kier alpha value is -1.62. The van der Waals surface area contributed by atoms with E-state index in [1.165, 1.54) is 6.07 Å². The van der Waals surface area contributed by atoms with Gasteiger partial charge in [0.2, 0.25) is 0 Å². The Balaban J connectivity index is 1.90. The maximum absolute atomic E-state index is 14.1. The van der Waals surface area contributed by atoms with Gasteiger partial charge in [0, 0.05) is 5.02 Å². The van der Waals surface area contributed by atoms with Crippen molar-refractivity contribution in [1.29, 1.82) is 0 Å². The van der Waals surface area contributed by atoms with Gasteiger partial charge in [0.25, 0.3) is 0 Å². The highest BCUT2D eigenvalue weighted by molar-refractivity contribution is 6.30. The van der Waals surface area contributed by atoms with Crippen LogP contribution in [0.2, 0.25) is 5.02 Å². The van der Waals surface area contributed by atoms with Crippen LogP contribution in [0.15, 0.2) is 42.5 Å². The van der Waals surface area contributed by atoms with Gasteiger partial charge in [-0.2, -0.15) is 0 Å². The monoisotopic (exact) mass is 322 g/mol. The predicted octanol–water partition coefficient (Wildman–Crippen LogP) is 3.75. The molecule has 2 rings (SSSR count). The normalized spacial score (nSPS) is 10.7. The molecule has 2 aromatic carbocycles. The number of benzene rings is 2. The zero-order valence-electron chi connectivity index (χ0n) is 12.3. The van der Waals surface area contributed by atoms with Crippen LogP contribution in [0.4, 0.5) is 4.39 Å². The summed E-state index contributed by atoms with van der Waals surface area (Å²) in [5, 5.41) is 3.88. The van der Waals surface area contributed by atoms with Crippen molar-refractivity contribution in [2.45, 2.75) is 12.8 Å². The van der Waals surface area contributed by atoms with Gasteiger partial charge in [-0.3, -0.25) is 0 Å². The van der Waals surface area contributed by atoms with Crippen LogP contribution in [0.25, 0.3) is 0 Å². The summed E-state index contributed by atoms with van der Waals surface area (Å²) in [5.74, 6) is 0.399. The van der Waals surface area contributed by atoms with E-state index in [9.17, 15) is 4.39 Å². The third kappa shape index (κ3) is 5.30. The second kappa shape index (κ2) is 8.73. The maximum atomic E-state index is 14.1. The van der Waals surface area contributed by atoms with E-state index < -0.39 is 0 Å². The van der Waals surface area contributed by atoms with Gasteiger partial charge in [-0.05, 0) is 74.4 Å². The molecule has 118 valence electrons. The lowest BCUT2D eigenvalue weighted by molar-refractivity contribution is 0.441. The van der Waals surface area contributed by atoms with Crippen LogP contribution in [0.3, 0.4) is 0 Å². The van der Waals surface area contributed by atoms with Crippen LogP contribution >= 0.6 is 11.6 Å². The molecule has 0 fully saturated rings. The fourth-order valence-corrected chi connectivity index (χ4v) is 2.12. The molecule has 0 saturated carbocycles. The van der Waals surface area contributed by atoms with Gasteiger partial charge in [0.15, 0.2) is 11.6 Å². The lowest BCUT2D eigenvalue weighted by atomic mass is 10.1. The number of nitrogens with two attached hydrogens (primary N) is 1. The van der Waals surface area contributed by atoms with E-state index in [4.69, 9.17) is 22.1 Å². The molecule has 22 heavy (non-hydrogen) atoms. The van der Waals surface area contributed by atoms with Crippen molar-refractivity contribution in [3.63, 3.8) is 0 Å². The highest BCUT2D eigenvalue weighted by Crippen LogP contribution is 2.26. The maximum Gasteiger partial charge on any atom is 0.165 e. The van der Waals surface area contributed by atoms with E-state index >= 15 is 0 Å². The van der Waals surface area contributed by atoms with Gasteiger partial charge in [0.05, 0.1) is 0 Å². The van der Waals surface area contributed by atoms with Gasteiger partial charge in [-0.25, -0.2) is 4.39 Å². The molecule has 0 aliphatic rings. The van der Waals surface area contributed by atoms with Gasteiger partial charge in [0.1, 0.15) is 5.75 Å². The number of rotatable bonds is 8. The molecule has 0 aromatic heterocycles. The first-order valence-electron chi connectivity index (χ1n) is 7.31. The number of halogens is 2. The zero-order valence-corrected chi connectivity index (χ0v) is 13.1. The van der Waals surface area contributed by atoms with Crippen molar-refractivity contribution < 1.29 is 9.13 Å². The second-order valence-electron chi connectivity index (χ2n) is 4.96. The Morgan fingerprint density at radius 1 is 1.09 bits per heavy atom. The van der Waals surface area contributed by atoms with Gasteiger partial charge in [-0.1, -0.05) is 17.7 Å². The highest BCUT2D eigenvalue weighted by atomic mass is 35.5. The van der Waals surface area contributed by atoms with Crippen molar-refractivity contribution in [1.82, 2.24) is 5.32 Å². The SMILES string of the molecule is NCCCNCCc1ccc(Oc2ccc(Cl)cc2)c(F)c1. The standard InChI is InChI=1S/C17H20ClFN2O/c18-14-3-5-15(6-4-14)22-17-7-2-13(12-16(17)19)8-11-21-10-1-9-20/h2-7,12,21H,1,8-11,20H2. The van der Waals surface area contributed by atoms with Gasteiger partial charge >= 0.3 is 0 Å². The van der Waals surface area contributed by atoms with Gasteiger partial charge in [-0.15, -0.1) is 0 Å². The molecule has 0 saturated heterocycles. The summed E-state index contributed by atoms with van der Waals surface area (Å²) in [4.78, 5) is 0. The number of nitrogens with one attached hydrogen (secondary N) is 1. The minimum absolute atomic E-state index is 0.210. The third-order valence-electron chi connectivity index (χ3n) is 3.19. The lowest BCUT2D eigenvalue weighted by Crippen LogP contribution is -2.20. The van der Waals surface area contributed by atoms with Crippen molar-refractivity contribution in [2.24, 2.45) is 5.73 Å². The van der Waals surface area contributed by atoms with Crippen LogP contribution in [-0.4, -0.2) is 19.6 Å². The average Bonchev–Trinajstić information content (AvgIpc) is 2.52. The summed E-state index contributed by atoms with van der Waals surface area (Å²) >= 11 is 5.80. The van der Waals surface area contributed by atoms with Crippen LogP contribution in [0, 0.1) is 5.82 Å². The Bertz CT molecular complexity index is 590. The Kier molecular flexibility index (Phi) is 6.65. The molecule has 3 N–H and O–H groups in total.